The highest BCUT2D eigenvalue weighted by Gasteiger charge is 2.28. The normalized spacial score (nSPS) is 14.4. The van der Waals surface area contributed by atoms with Crippen molar-refractivity contribution in [1.29, 1.82) is 0 Å². The zero-order valence-corrected chi connectivity index (χ0v) is 21.5. The summed E-state index contributed by atoms with van der Waals surface area (Å²) in [4.78, 5) is 25.1. The molecule has 5 rings (SSSR count). The van der Waals surface area contributed by atoms with E-state index in [4.69, 9.17) is 9.72 Å². The molecule has 0 radical (unpaired) electrons. The number of nitro benzene ring substituents is 1. The predicted octanol–water partition coefficient (Wildman–Crippen LogP) is 4.83. The van der Waals surface area contributed by atoms with Crippen molar-refractivity contribution in [3.05, 3.63) is 65.0 Å². The third kappa shape index (κ3) is 4.79. The second-order valence-electron chi connectivity index (χ2n) is 9.54. The first-order valence-electron chi connectivity index (χ1n) is 12.3. The summed E-state index contributed by atoms with van der Waals surface area (Å²) in [5.41, 5.74) is 3.87. The Morgan fingerprint density at radius 1 is 1.16 bits per heavy atom. The van der Waals surface area contributed by atoms with Crippen LogP contribution in [0.25, 0.3) is 22.2 Å². The number of aromatic nitrogens is 3. The molecule has 4 aromatic rings. The highest BCUT2D eigenvalue weighted by atomic mass is 16.6. The lowest BCUT2D eigenvalue weighted by molar-refractivity contribution is -0.384. The van der Waals surface area contributed by atoms with Gasteiger partial charge < -0.3 is 24.4 Å². The Balaban J connectivity index is 1.47. The van der Waals surface area contributed by atoms with Crippen molar-refractivity contribution in [1.82, 2.24) is 19.4 Å². The van der Waals surface area contributed by atoms with E-state index in [-0.39, 0.29) is 10.6 Å². The van der Waals surface area contributed by atoms with Crippen molar-refractivity contribution in [3.63, 3.8) is 0 Å². The highest BCUT2D eigenvalue weighted by Crippen LogP contribution is 2.40. The van der Waals surface area contributed by atoms with Gasteiger partial charge in [0.1, 0.15) is 11.4 Å². The molecule has 2 aromatic carbocycles. The number of nitrogens with one attached hydrogen (secondary N) is 1. The van der Waals surface area contributed by atoms with Crippen LogP contribution >= 0.6 is 0 Å². The molecule has 37 heavy (non-hydrogen) atoms. The van der Waals surface area contributed by atoms with Crippen LogP contribution in [0.1, 0.15) is 12.8 Å². The second kappa shape index (κ2) is 10.1. The van der Waals surface area contributed by atoms with Crippen molar-refractivity contribution in [3.8, 4) is 17.0 Å². The van der Waals surface area contributed by atoms with Gasteiger partial charge in [-0.25, -0.2) is 9.97 Å². The van der Waals surface area contributed by atoms with Crippen molar-refractivity contribution in [2.75, 3.05) is 44.5 Å². The second-order valence-corrected chi connectivity index (χ2v) is 9.54. The van der Waals surface area contributed by atoms with Crippen LogP contribution in [0.2, 0.25) is 0 Å². The summed E-state index contributed by atoms with van der Waals surface area (Å²) in [6.07, 6.45) is 5.61. The molecule has 1 fully saturated rings. The third-order valence-corrected chi connectivity index (χ3v) is 7.10. The molecule has 10 heteroatoms. The molecular weight excluding hydrogens is 470 g/mol. The number of nitro groups is 1. The van der Waals surface area contributed by atoms with Crippen LogP contribution in [0.5, 0.6) is 5.75 Å². The monoisotopic (exact) mass is 501 g/mol. The molecule has 1 saturated heterocycles. The number of methoxy groups -OCH3 is 1. The Bertz CT molecular complexity index is 1440. The van der Waals surface area contributed by atoms with Crippen LogP contribution in [0.3, 0.4) is 0 Å². The number of para-hydroxylation sites is 1. The first-order chi connectivity index (χ1) is 17.9. The van der Waals surface area contributed by atoms with Gasteiger partial charge in [-0.3, -0.25) is 10.1 Å². The Kier molecular flexibility index (Phi) is 6.66. The number of rotatable bonds is 7. The number of anilines is 3. The molecule has 0 aliphatic carbocycles. The molecule has 0 saturated carbocycles. The molecule has 1 aliphatic rings. The quantitative estimate of drug-likeness (QED) is 0.284. The van der Waals surface area contributed by atoms with E-state index < -0.39 is 0 Å². The Labute approximate surface area is 215 Å². The minimum absolute atomic E-state index is 0.0248. The van der Waals surface area contributed by atoms with Gasteiger partial charge in [0.05, 0.1) is 23.4 Å². The van der Waals surface area contributed by atoms with Crippen LogP contribution < -0.4 is 15.0 Å². The van der Waals surface area contributed by atoms with Crippen molar-refractivity contribution in [2.24, 2.45) is 7.05 Å². The fourth-order valence-corrected chi connectivity index (χ4v) is 5.08. The van der Waals surface area contributed by atoms with Gasteiger partial charge in [-0.05, 0) is 39.1 Å². The maximum atomic E-state index is 12.1. The molecule has 0 amide bonds. The van der Waals surface area contributed by atoms with Gasteiger partial charge >= 0.3 is 0 Å². The summed E-state index contributed by atoms with van der Waals surface area (Å²) in [6, 6.07) is 13.7. The number of aryl methyl sites for hydroxylation is 1. The summed E-state index contributed by atoms with van der Waals surface area (Å²) < 4.78 is 7.70. The van der Waals surface area contributed by atoms with E-state index in [1.807, 2.05) is 31.4 Å². The van der Waals surface area contributed by atoms with E-state index in [1.165, 1.54) is 6.07 Å². The van der Waals surface area contributed by atoms with E-state index in [0.717, 1.165) is 48.1 Å². The van der Waals surface area contributed by atoms with Crippen LogP contribution in [-0.4, -0.2) is 64.7 Å². The van der Waals surface area contributed by atoms with Crippen LogP contribution in [-0.2, 0) is 7.05 Å². The van der Waals surface area contributed by atoms with Gasteiger partial charge in [0.25, 0.3) is 5.69 Å². The highest BCUT2D eigenvalue weighted by molar-refractivity contribution is 5.95. The zero-order chi connectivity index (χ0) is 26.1. The Hall–Kier alpha value is -4.18. The summed E-state index contributed by atoms with van der Waals surface area (Å²) in [5, 5.41) is 16.3. The van der Waals surface area contributed by atoms with Gasteiger partial charge in [-0.15, -0.1) is 0 Å². The Morgan fingerprint density at radius 3 is 2.62 bits per heavy atom. The van der Waals surface area contributed by atoms with Gasteiger partial charge in [0.2, 0.25) is 5.95 Å². The third-order valence-electron chi connectivity index (χ3n) is 7.10. The average molecular weight is 502 g/mol. The molecule has 192 valence electrons. The molecule has 0 bridgehead atoms. The molecule has 1 aliphatic heterocycles. The molecular formula is C27H31N7O3. The number of ether oxygens (including phenoxy) is 1. The van der Waals surface area contributed by atoms with E-state index in [9.17, 15) is 10.1 Å². The lowest BCUT2D eigenvalue weighted by Gasteiger charge is -2.36. The lowest BCUT2D eigenvalue weighted by atomic mass is 10.0. The van der Waals surface area contributed by atoms with E-state index in [1.54, 1.807) is 19.4 Å². The summed E-state index contributed by atoms with van der Waals surface area (Å²) in [6.45, 7) is 1.49. The number of benzene rings is 2. The minimum Gasteiger partial charge on any atom is -0.494 e. The smallest absolute Gasteiger partial charge is 0.294 e. The number of nitrogens with zero attached hydrogens (tertiary/aromatic N) is 6. The fraction of sp³-hybridized carbons (Fsp3) is 0.333. The van der Waals surface area contributed by atoms with Crippen LogP contribution in [0.4, 0.5) is 23.0 Å². The van der Waals surface area contributed by atoms with Gasteiger partial charge in [-0.2, -0.15) is 0 Å². The summed E-state index contributed by atoms with van der Waals surface area (Å²) in [7, 11) is 7.70. The number of hydrogen-bond acceptors (Lipinski definition) is 8. The number of piperidine rings is 1. The first kappa shape index (κ1) is 24.5. The van der Waals surface area contributed by atoms with E-state index in [2.05, 4.69) is 50.9 Å². The minimum atomic E-state index is -0.342. The molecule has 0 unspecified atom stereocenters. The standard InChI is InChI=1S/C27H31N7O3/c1-31(2)18-10-13-33(14-11-18)24-16-26(37-4)22(15-25(24)34(35)36)30-27-28-12-9-21(29-27)20-17-32(3)23-8-6-5-7-19(20)23/h5-9,12,15-18H,10-11,13-14H2,1-4H3,(H,28,29,30). The average Bonchev–Trinajstić information content (AvgIpc) is 3.25. The van der Waals surface area contributed by atoms with Crippen LogP contribution in [0, 0.1) is 10.1 Å². The molecule has 1 N–H and O–H groups in total. The summed E-state index contributed by atoms with van der Waals surface area (Å²) in [5.74, 6) is 0.826. The maximum Gasteiger partial charge on any atom is 0.294 e. The van der Waals surface area contributed by atoms with Crippen LogP contribution in [0.15, 0.2) is 54.9 Å². The SMILES string of the molecule is COc1cc(N2CCC(N(C)C)CC2)c([N+](=O)[O-])cc1Nc1nccc(-c2cn(C)c3ccccc23)n1. The largest absolute Gasteiger partial charge is 0.494 e. The molecule has 10 nitrogen and oxygen atoms in total. The molecule has 2 aromatic heterocycles. The number of fused-ring (bicyclic) bond motifs is 1. The van der Waals surface area contributed by atoms with Crippen molar-refractivity contribution >= 4 is 33.9 Å². The van der Waals surface area contributed by atoms with Crippen molar-refractivity contribution in [2.45, 2.75) is 18.9 Å². The zero-order valence-electron chi connectivity index (χ0n) is 21.5. The van der Waals surface area contributed by atoms with E-state index >= 15 is 0 Å². The lowest BCUT2D eigenvalue weighted by Crippen LogP contribution is -2.42. The predicted molar refractivity (Wildman–Crippen MR) is 146 cm³/mol. The molecule has 0 atom stereocenters. The van der Waals surface area contributed by atoms with Gasteiger partial charge in [-0.1, -0.05) is 18.2 Å². The molecule has 3 heterocycles. The fourth-order valence-electron chi connectivity index (χ4n) is 5.08. The summed E-state index contributed by atoms with van der Waals surface area (Å²) >= 11 is 0. The number of hydrogen-bond donors (Lipinski definition) is 1. The Morgan fingerprint density at radius 2 is 1.92 bits per heavy atom. The van der Waals surface area contributed by atoms with E-state index in [0.29, 0.717) is 29.1 Å². The van der Waals surface area contributed by atoms with Crippen molar-refractivity contribution < 1.29 is 9.66 Å². The van der Waals surface area contributed by atoms with Gasteiger partial charge in [0, 0.05) is 67.2 Å². The molecule has 0 spiro atoms. The first-order valence-corrected chi connectivity index (χ1v) is 12.3. The topological polar surface area (TPSA) is 102 Å². The maximum absolute atomic E-state index is 12.1. The van der Waals surface area contributed by atoms with Gasteiger partial charge in [0.15, 0.2) is 0 Å².